The van der Waals surface area contributed by atoms with Crippen molar-refractivity contribution in [2.24, 2.45) is 5.73 Å². The van der Waals surface area contributed by atoms with Gasteiger partial charge in [0.2, 0.25) is 0 Å². The van der Waals surface area contributed by atoms with Crippen molar-refractivity contribution in [1.29, 1.82) is 0 Å². The summed E-state index contributed by atoms with van der Waals surface area (Å²) >= 11 is 6.87. The predicted molar refractivity (Wildman–Crippen MR) is 83.6 cm³/mol. The average molecular weight is 346 g/mol. The van der Waals surface area contributed by atoms with Crippen LogP contribution < -0.4 is 10.6 Å². The van der Waals surface area contributed by atoms with Gasteiger partial charge in [0.05, 0.1) is 9.48 Å². The molecule has 0 spiro atoms. The first-order chi connectivity index (χ1) is 8.47. The fourth-order valence-corrected chi connectivity index (χ4v) is 3.93. The van der Waals surface area contributed by atoms with Gasteiger partial charge in [0.1, 0.15) is 0 Å². The fourth-order valence-electron chi connectivity index (χ4n) is 1.75. The number of halogens is 1. The Balaban J connectivity index is 2.13. The Hall–Kier alpha value is -0.430. The van der Waals surface area contributed by atoms with Crippen LogP contribution in [0.15, 0.2) is 15.2 Å². The number of anilines is 1. The fraction of sp³-hybridized carbons (Fsp3) is 0.417. The van der Waals surface area contributed by atoms with Gasteiger partial charge in [-0.05, 0) is 46.8 Å². The van der Waals surface area contributed by atoms with Gasteiger partial charge in [0.25, 0.3) is 0 Å². The van der Waals surface area contributed by atoms with E-state index < -0.39 is 0 Å². The molecule has 0 aromatic carbocycles. The van der Waals surface area contributed by atoms with Crippen molar-refractivity contribution in [1.82, 2.24) is 4.98 Å². The smallest absolute Gasteiger partial charge is 0.185 e. The number of nitrogens with zero attached hydrogens (tertiary/aromatic N) is 2. The summed E-state index contributed by atoms with van der Waals surface area (Å²) < 4.78 is 1.16. The molecule has 2 aromatic rings. The standard InChI is InChI=1S/C12H16BrN3S2/c1-7(14)11-8(2)15-12(18-11)16(3)5-9-4-10(13)17-6-9/h4,6-7H,5,14H2,1-3H3. The van der Waals surface area contributed by atoms with E-state index in [-0.39, 0.29) is 6.04 Å². The number of aromatic nitrogens is 1. The number of aryl methyl sites for hydroxylation is 1. The average Bonchev–Trinajstić information content (AvgIpc) is 2.85. The van der Waals surface area contributed by atoms with Gasteiger partial charge in [0, 0.05) is 24.5 Å². The number of rotatable bonds is 4. The van der Waals surface area contributed by atoms with Gasteiger partial charge < -0.3 is 10.6 Å². The molecule has 0 aliphatic heterocycles. The van der Waals surface area contributed by atoms with E-state index in [2.05, 4.69) is 44.3 Å². The first kappa shape index (κ1) is 14.0. The van der Waals surface area contributed by atoms with Gasteiger partial charge >= 0.3 is 0 Å². The summed E-state index contributed by atoms with van der Waals surface area (Å²) in [6.07, 6.45) is 0. The largest absolute Gasteiger partial charge is 0.347 e. The minimum Gasteiger partial charge on any atom is -0.347 e. The molecule has 2 aromatic heterocycles. The van der Waals surface area contributed by atoms with Crippen molar-refractivity contribution in [2.75, 3.05) is 11.9 Å². The van der Waals surface area contributed by atoms with Crippen molar-refractivity contribution >= 4 is 43.7 Å². The third-order valence-electron chi connectivity index (χ3n) is 2.60. The number of hydrogen-bond acceptors (Lipinski definition) is 5. The highest BCUT2D eigenvalue weighted by atomic mass is 79.9. The zero-order valence-electron chi connectivity index (χ0n) is 10.6. The minimum absolute atomic E-state index is 0.0555. The summed E-state index contributed by atoms with van der Waals surface area (Å²) in [6, 6.07) is 2.20. The van der Waals surface area contributed by atoms with E-state index in [1.54, 1.807) is 22.7 Å². The van der Waals surface area contributed by atoms with Crippen LogP contribution >= 0.6 is 38.6 Å². The molecule has 98 valence electrons. The number of thiophene rings is 1. The lowest BCUT2D eigenvalue weighted by Gasteiger charge is -2.14. The lowest BCUT2D eigenvalue weighted by Crippen LogP contribution is -2.15. The molecule has 3 nitrogen and oxygen atoms in total. The van der Waals surface area contributed by atoms with Crippen LogP contribution in [0.5, 0.6) is 0 Å². The highest BCUT2D eigenvalue weighted by molar-refractivity contribution is 9.11. The zero-order valence-corrected chi connectivity index (χ0v) is 13.8. The Bertz CT molecular complexity index is 533. The Kier molecular flexibility index (Phi) is 4.42. The molecule has 1 atom stereocenters. The maximum atomic E-state index is 5.93. The van der Waals surface area contributed by atoms with Crippen LogP contribution in [0.25, 0.3) is 0 Å². The van der Waals surface area contributed by atoms with Crippen molar-refractivity contribution in [3.63, 3.8) is 0 Å². The third kappa shape index (κ3) is 3.12. The molecular formula is C12H16BrN3S2. The highest BCUT2D eigenvalue weighted by Gasteiger charge is 2.14. The normalized spacial score (nSPS) is 12.7. The third-order valence-corrected chi connectivity index (χ3v) is 5.63. The van der Waals surface area contributed by atoms with Crippen LogP contribution in [-0.2, 0) is 6.54 Å². The predicted octanol–water partition coefficient (Wildman–Crippen LogP) is 3.93. The van der Waals surface area contributed by atoms with Crippen LogP contribution in [0.2, 0.25) is 0 Å². The Labute approximate surface area is 124 Å². The quantitative estimate of drug-likeness (QED) is 0.912. The van der Waals surface area contributed by atoms with Gasteiger partial charge in [-0.1, -0.05) is 0 Å². The molecule has 6 heteroatoms. The molecule has 0 aliphatic rings. The molecule has 2 N–H and O–H groups in total. The first-order valence-electron chi connectivity index (χ1n) is 5.64. The molecule has 0 bridgehead atoms. The molecule has 2 heterocycles. The second kappa shape index (κ2) is 5.69. The highest BCUT2D eigenvalue weighted by Crippen LogP contribution is 2.30. The molecule has 0 amide bonds. The SMILES string of the molecule is Cc1nc(N(C)Cc2csc(Br)c2)sc1C(C)N. The Morgan fingerprint density at radius 2 is 2.28 bits per heavy atom. The lowest BCUT2D eigenvalue weighted by atomic mass is 10.2. The van der Waals surface area contributed by atoms with Crippen LogP contribution in [-0.4, -0.2) is 12.0 Å². The summed E-state index contributed by atoms with van der Waals surface area (Å²) in [4.78, 5) is 7.93. The molecule has 0 aliphatic carbocycles. The van der Waals surface area contributed by atoms with Gasteiger partial charge in [-0.15, -0.1) is 22.7 Å². The van der Waals surface area contributed by atoms with E-state index in [4.69, 9.17) is 5.73 Å². The number of hydrogen-bond donors (Lipinski definition) is 1. The maximum Gasteiger partial charge on any atom is 0.185 e. The van der Waals surface area contributed by atoms with Crippen molar-refractivity contribution in [2.45, 2.75) is 26.4 Å². The summed E-state index contributed by atoms with van der Waals surface area (Å²) in [5, 5.41) is 3.19. The van der Waals surface area contributed by atoms with Crippen molar-refractivity contribution in [3.8, 4) is 0 Å². The van der Waals surface area contributed by atoms with Gasteiger partial charge in [0.15, 0.2) is 5.13 Å². The Morgan fingerprint density at radius 3 is 2.78 bits per heavy atom. The van der Waals surface area contributed by atoms with Gasteiger partial charge in [-0.25, -0.2) is 4.98 Å². The molecule has 1 unspecified atom stereocenters. The van der Waals surface area contributed by atoms with Crippen molar-refractivity contribution < 1.29 is 0 Å². The van der Waals surface area contributed by atoms with Crippen molar-refractivity contribution in [3.05, 3.63) is 31.4 Å². The van der Waals surface area contributed by atoms with E-state index in [0.717, 1.165) is 21.2 Å². The topological polar surface area (TPSA) is 42.2 Å². The molecular weight excluding hydrogens is 330 g/mol. The summed E-state index contributed by atoms with van der Waals surface area (Å²) in [7, 11) is 2.06. The van der Waals surface area contributed by atoms with E-state index in [9.17, 15) is 0 Å². The molecule has 0 saturated heterocycles. The van der Waals surface area contributed by atoms with Crippen LogP contribution in [0.1, 0.15) is 29.1 Å². The summed E-state index contributed by atoms with van der Waals surface area (Å²) in [6.45, 7) is 4.89. The summed E-state index contributed by atoms with van der Waals surface area (Å²) in [5.41, 5.74) is 8.27. The first-order valence-corrected chi connectivity index (χ1v) is 8.13. The van der Waals surface area contributed by atoms with Gasteiger partial charge in [-0.3, -0.25) is 0 Å². The second-order valence-corrected chi connectivity index (χ2v) is 7.65. The molecule has 0 radical (unpaired) electrons. The van der Waals surface area contributed by atoms with E-state index in [1.165, 1.54) is 10.4 Å². The van der Waals surface area contributed by atoms with Gasteiger partial charge in [-0.2, -0.15) is 0 Å². The van der Waals surface area contributed by atoms with E-state index in [1.807, 2.05) is 13.8 Å². The van der Waals surface area contributed by atoms with E-state index >= 15 is 0 Å². The summed E-state index contributed by atoms with van der Waals surface area (Å²) in [5.74, 6) is 0. The number of thiazole rings is 1. The van der Waals surface area contributed by atoms with Crippen LogP contribution in [0.4, 0.5) is 5.13 Å². The molecule has 0 fully saturated rings. The lowest BCUT2D eigenvalue weighted by molar-refractivity contribution is 0.824. The second-order valence-electron chi connectivity index (χ2n) is 4.35. The zero-order chi connectivity index (χ0) is 13.3. The molecule has 2 rings (SSSR count). The van der Waals surface area contributed by atoms with E-state index in [0.29, 0.717) is 0 Å². The number of nitrogens with two attached hydrogens (primary N) is 1. The Morgan fingerprint density at radius 1 is 1.56 bits per heavy atom. The van der Waals surface area contributed by atoms with Crippen LogP contribution in [0, 0.1) is 6.92 Å². The monoisotopic (exact) mass is 345 g/mol. The maximum absolute atomic E-state index is 5.93. The van der Waals surface area contributed by atoms with Crippen LogP contribution in [0.3, 0.4) is 0 Å². The minimum atomic E-state index is 0.0555. The molecule has 0 saturated carbocycles. The molecule has 18 heavy (non-hydrogen) atoms.